The Balaban J connectivity index is 3.04. The van der Waals surface area contributed by atoms with E-state index in [1.54, 1.807) is 0 Å². The van der Waals surface area contributed by atoms with Gasteiger partial charge in [-0.25, -0.2) is 0 Å². The van der Waals surface area contributed by atoms with Gasteiger partial charge in [0.25, 0.3) is 0 Å². The molecular formula is C4H4BrNS. The van der Waals surface area contributed by atoms with Gasteiger partial charge in [0.15, 0.2) is 0 Å². The van der Waals surface area contributed by atoms with E-state index in [2.05, 4.69) is 15.9 Å². The van der Waals surface area contributed by atoms with Crippen molar-refractivity contribution in [1.29, 1.82) is 0 Å². The van der Waals surface area contributed by atoms with E-state index in [9.17, 15) is 0 Å². The third kappa shape index (κ3) is 1.17. The van der Waals surface area contributed by atoms with E-state index in [0.717, 1.165) is 9.47 Å². The van der Waals surface area contributed by atoms with Crippen molar-refractivity contribution < 1.29 is 0 Å². The van der Waals surface area contributed by atoms with Crippen LogP contribution in [0.15, 0.2) is 15.9 Å². The quantitative estimate of drug-likeness (QED) is 0.646. The zero-order valence-electron chi connectivity index (χ0n) is 3.52. The predicted octanol–water partition coefficient (Wildman–Crippen LogP) is 2.09. The van der Waals surface area contributed by atoms with Gasteiger partial charge in [-0.05, 0) is 22.0 Å². The maximum atomic E-state index is 5.37. The number of hydrogen-bond acceptors (Lipinski definition) is 2. The summed E-state index contributed by atoms with van der Waals surface area (Å²) in [5.74, 6) is 0. The Morgan fingerprint density at radius 2 is 2.43 bits per heavy atom. The fraction of sp³-hybridized carbons (Fsp3) is 0. The van der Waals surface area contributed by atoms with E-state index in [1.165, 1.54) is 11.3 Å². The number of nitrogens with two attached hydrogens (primary N) is 1. The molecule has 0 bridgehead atoms. The molecule has 0 unspecified atom stereocenters. The number of thiophene rings is 1. The summed E-state index contributed by atoms with van der Waals surface area (Å²) < 4.78 is 1.06. The van der Waals surface area contributed by atoms with Gasteiger partial charge in [0.05, 0.1) is 5.00 Å². The maximum Gasteiger partial charge on any atom is 0.0868 e. The first kappa shape index (κ1) is 5.12. The second-order valence-corrected chi connectivity index (χ2v) is 3.03. The molecule has 3 heteroatoms. The summed E-state index contributed by atoms with van der Waals surface area (Å²) in [5.41, 5.74) is 5.37. The highest BCUT2D eigenvalue weighted by atomic mass is 79.9. The molecule has 1 aromatic rings. The van der Waals surface area contributed by atoms with Crippen LogP contribution >= 0.6 is 27.3 Å². The molecule has 0 saturated heterocycles. The Bertz CT molecular complexity index is 144. The molecule has 0 aliphatic carbocycles. The fourth-order valence-electron chi connectivity index (χ4n) is 0.328. The smallest absolute Gasteiger partial charge is 0.0868 e. The summed E-state index contributed by atoms with van der Waals surface area (Å²) in [4.78, 5) is 0. The third-order valence-corrected chi connectivity index (χ3v) is 2.11. The average molecular weight is 178 g/mol. The number of anilines is 1. The molecule has 0 amide bonds. The van der Waals surface area contributed by atoms with Gasteiger partial charge < -0.3 is 5.73 Å². The lowest BCUT2D eigenvalue weighted by Crippen LogP contribution is -1.72. The first-order valence-electron chi connectivity index (χ1n) is 1.78. The molecule has 1 aromatic heterocycles. The van der Waals surface area contributed by atoms with Crippen LogP contribution in [0, 0.1) is 0 Å². The highest BCUT2D eigenvalue weighted by Crippen LogP contribution is 2.20. The van der Waals surface area contributed by atoms with Crippen LogP contribution in [0.1, 0.15) is 0 Å². The molecule has 0 aliphatic heterocycles. The minimum Gasteiger partial charge on any atom is -0.391 e. The molecular weight excluding hydrogens is 174 g/mol. The Labute approximate surface area is 54.3 Å². The van der Waals surface area contributed by atoms with Crippen LogP contribution in [0.5, 0.6) is 0 Å². The Morgan fingerprint density at radius 1 is 1.71 bits per heavy atom. The summed E-state index contributed by atoms with van der Waals surface area (Å²) in [6, 6.07) is 1.88. The lowest BCUT2D eigenvalue weighted by molar-refractivity contribution is 1.86. The third-order valence-electron chi connectivity index (χ3n) is 0.588. The molecule has 1 rings (SSSR count). The zero-order valence-corrected chi connectivity index (χ0v) is 5.92. The van der Waals surface area contributed by atoms with Crippen molar-refractivity contribution in [2.24, 2.45) is 0 Å². The monoisotopic (exact) mass is 177 g/mol. The van der Waals surface area contributed by atoms with Gasteiger partial charge in [0, 0.05) is 9.85 Å². The molecule has 7 heavy (non-hydrogen) atoms. The van der Waals surface area contributed by atoms with E-state index in [4.69, 9.17) is 5.73 Å². The van der Waals surface area contributed by atoms with Gasteiger partial charge in [-0.2, -0.15) is 0 Å². The van der Waals surface area contributed by atoms with Crippen LogP contribution in [0.4, 0.5) is 5.00 Å². The lowest BCUT2D eigenvalue weighted by Gasteiger charge is -1.70. The van der Waals surface area contributed by atoms with Gasteiger partial charge in [0.1, 0.15) is 0 Å². The molecule has 0 fully saturated rings. The molecule has 1 heterocycles. The molecule has 1 nitrogen and oxygen atoms in total. The van der Waals surface area contributed by atoms with Crippen molar-refractivity contribution in [3.63, 3.8) is 0 Å². The second kappa shape index (κ2) is 1.84. The van der Waals surface area contributed by atoms with E-state index >= 15 is 0 Å². The molecule has 0 saturated carbocycles. The molecule has 0 aromatic carbocycles. The first-order chi connectivity index (χ1) is 3.29. The van der Waals surface area contributed by atoms with Crippen LogP contribution < -0.4 is 5.73 Å². The number of hydrogen-bond donors (Lipinski definition) is 1. The summed E-state index contributed by atoms with van der Waals surface area (Å²) in [6.07, 6.45) is 0. The average Bonchev–Trinajstić information content (AvgIpc) is 1.87. The number of rotatable bonds is 0. The maximum absolute atomic E-state index is 5.37. The van der Waals surface area contributed by atoms with Gasteiger partial charge >= 0.3 is 0 Å². The standard InChI is InChI=1S/C4H4BrNS/c5-3-1-4(6)7-2-3/h1-2H,6H2. The van der Waals surface area contributed by atoms with Gasteiger partial charge in [-0.15, -0.1) is 11.3 Å². The van der Waals surface area contributed by atoms with Crippen LogP contribution in [-0.4, -0.2) is 0 Å². The molecule has 0 spiro atoms. The fourth-order valence-corrected chi connectivity index (χ4v) is 1.52. The number of halogens is 1. The zero-order chi connectivity index (χ0) is 5.28. The molecule has 0 radical (unpaired) electrons. The molecule has 0 aliphatic rings. The molecule has 38 valence electrons. The molecule has 0 atom stereocenters. The van der Waals surface area contributed by atoms with Crippen molar-refractivity contribution in [1.82, 2.24) is 0 Å². The Hall–Kier alpha value is -0.0200. The van der Waals surface area contributed by atoms with Crippen LogP contribution in [0.25, 0.3) is 0 Å². The van der Waals surface area contributed by atoms with E-state index in [0.29, 0.717) is 0 Å². The Morgan fingerprint density at radius 3 is 2.57 bits per heavy atom. The second-order valence-electron chi connectivity index (χ2n) is 1.17. The van der Waals surface area contributed by atoms with Crippen molar-refractivity contribution in [2.75, 3.05) is 5.73 Å². The van der Waals surface area contributed by atoms with E-state index in [-0.39, 0.29) is 0 Å². The van der Waals surface area contributed by atoms with E-state index in [1.807, 2.05) is 11.4 Å². The van der Waals surface area contributed by atoms with Crippen molar-refractivity contribution in [3.8, 4) is 0 Å². The van der Waals surface area contributed by atoms with Gasteiger partial charge in [-0.1, -0.05) is 0 Å². The van der Waals surface area contributed by atoms with Crippen LogP contribution in [0.3, 0.4) is 0 Å². The normalized spacial score (nSPS) is 9.29. The van der Waals surface area contributed by atoms with Crippen molar-refractivity contribution in [3.05, 3.63) is 15.9 Å². The predicted molar refractivity (Wildman–Crippen MR) is 36.4 cm³/mol. The minimum absolute atomic E-state index is 0.854. The first-order valence-corrected chi connectivity index (χ1v) is 3.46. The SMILES string of the molecule is Nc1cc(Br)cs1. The largest absolute Gasteiger partial charge is 0.391 e. The Kier molecular flexibility index (Phi) is 1.35. The summed E-state index contributed by atoms with van der Waals surface area (Å²) in [7, 11) is 0. The summed E-state index contributed by atoms with van der Waals surface area (Å²) >= 11 is 4.80. The van der Waals surface area contributed by atoms with Crippen LogP contribution in [-0.2, 0) is 0 Å². The lowest BCUT2D eigenvalue weighted by atomic mass is 10.6. The minimum atomic E-state index is 0.854. The summed E-state index contributed by atoms with van der Waals surface area (Å²) in [5, 5.41) is 2.81. The topological polar surface area (TPSA) is 26.0 Å². The summed E-state index contributed by atoms with van der Waals surface area (Å²) in [6.45, 7) is 0. The van der Waals surface area contributed by atoms with E-state index < -0.39 is 0 Å². The van der Waals surface area contributed by atoms with Gasteiger partial charge in [0.2, 0.25) is 0 Å². The number of nitrogen functional groups attached to an aromatic ring is 1. The highest BCUT2D eigenvalue weighted by molar-refractivity contribution is 9.10. The van der Waals surface area contributed by atoms with Crippen molar-refractivity contribution in [2.45, 2.75) is 0 Å². The highest BCUT2D eigenvalue weighted by Gasteiger charge is 1.86. The molecule has 2 N–H and O–H groups in total. The van der Waals surface area contributed by atoms with Gasteiger partial charge in [-0.3, -0.25) is 0 Å². The van der Waals surface area contributed by atoms with Crippen LogP contribution in [0.2, 0.25) is 0 Å². The van der Waals surface area contributed by atoms with Crippen molar-refractivity contribution >= 4 is 32.3 Å².